The molecule has 0 bridgehead atoms. The molecule has 164 valence electrons. The van der Waals surface area contributed by atoms with E-state index in [0.29, 0.717) is 0 Å². The van der Waals surface area contributed by atoms with Gasteiger partial charge in [-0.05, 0) is 48.5 Å². The average Bonchev–Trinajstić information content (AvgIpc) is 2.75. The molecule has 0 spiro atoms. The number of carbonyl (C=O) groups is 1. The van der Waals surface area contributed by atoms with E-state index in [1.807, 2.05) is 0 Å². The largest absolute Gasteiger partial charge is 0.322 e. The molecule has 2 N–H and O–H groups in total. The van der Waals surface area contributed by atoms with Gasteiger partial charge in [0.05, 0.1) is 26.4 Å². The van der Waals surface area contributed by atoms with Crippen molar-refractivity contribution in [3.05, 3.63) is 98.3 Å². The van der Waals surface area contributed by atoms with Crippen molar-refractivity contribution in [3.63, 3.8) is 0 Å². The van der Waals surface area contributed by atoms with Gasteiger partial charge in [0.1, 0.15) is 5.82 Å². The van der Waals surface area contributed by atoms with Crippen molar-refractivity contribution in [1.29, 1.82) is 0 Å². The van der Waals surface area contributed by atoms with E-state index in [-0.39, 0.29) is 21.8 Å². The van der Waals surface area contributed by atoms with Crippen LogP contribution in [0.3, 0.4) is 0 Å². The fourth-order valence-corrected chi connectivity index (χ4v) is 3.65. The maximum atomic E-state index is 13.0. The predicted molar refractivity (Wildman–Crippen MR) is 111 cm³/mol. The van der Waals surface area contributed by atoms with Crippen molar-refractivity contribution in [1.82, 2.24) is 0 Å². The Hall–Kier alpha value is -4.39. The van der Waals surface area contributed by atoms with Gasteiger partial charge in [-0.1, -0.05) is 0 Å². The van der Waals surface area contributed by atoms with Crippen molar-refractivity contribution < 1.29 is 27.4 Å². The van der Waals surface area contributed by atoms with Gasteiger partial charge in [0.2, 0.25) is 0 Å². The van der Waals surface area contributed by atoms with Crippen molar-refractivity contribution in [2.24, 2.45) is 0 Å². The number of anilines is 2. The Morgan fingerprint density at radius 3 is 1.81 bits per heavy atom. The van der Waals surface area contributed by atoms with Crippen LogP contribution in [-0.4, -0.2) is 24.2 Å². The highest BCUT2D eigenvalue weighted by molar-refractivity contribution is 7.92. The molecule has 0 aromatic heterocycles. The molecular formula is C19H13FN4O7S. The molecular weight excluding hydrogens is 447 g/mol. The molecule has 0 fully saturated rings. The molecule has 3 rings (SSSR count). The van der Waals surface area contributed by atoms with E-state index in [1.165, 1.54) is 36.4 Å². The minimum atomic E-state index is -3.99. The molecule has 0 aliphatic heterocycles. The highest BCUT2D eigenvalue weighted by Gasteiger charge is 2.20. The number of amides is 1. The van der Waals surface area contributed by atoms with Crippen LogP contribution in [0.25, 0.3) is 0 Å². The summed E-state index contributed by atoms with van der Waals surface area (Å²) in [5.74, 6) is -1.39. The monoisotopic (exact) mass is 460 g/mol. The molecule has 11 nitrogen and oxygen atoms in total. The summed E-state index contributed by atoms with van der Waals surface area (Å²) in [5, 5.41) is 24.3. The van der Waals surface area contributed by atoms with Gasteiger partial charge < -0.3 is 5.32 Å². The van der Waals surface area contributed by atoms with Gasteiger partial charge in [0.15, 0.2) is 0 Å². The molecule has 0 radical (unpaired) electrons. The minimum absolute atomic E-state index is 0.143. The summed E-state index contributed by atoms with van der Waals surface area (Å²) < 4.78 is 40.1. The highest BCUT2D eigenvalue weighted by atomic mass is 32.2. The smallest absolute Gasteiger partial charge is 0.277 e. The Kier molecular flexibility index (Phi) is 6.11. The lowest BCUT2D eigenvalue weighted by molar-refractivity contribution is -0.394. The number of nitrogens with zero attached hydrogens (tertiary/aromatic N) is 2. The number of halogens is 1. The summed E-state index contributed by atoms with van der Waals surface area (Å²) in [7, 11) is -3.99. The quantitative estimate of drug-likeness (QED) is 0.401. The van der Waals surface area contributed by atoms with Crippen LogP contribution in [0.15, 0.2) is 71.6 Å². The average molecular weight is 460 g/mol. The third-order valence-corrected chi connectivity index (χ3v) is 5.50. The lowest BCUT2D eigenvalue weighted by Crippen LogP contribution is -2.14. The minimum Gasteiger partial charge on any atom is -0.322 e. The molecule has 0 unspecified atom stereocenters. The Morgan fingerprint density at radius 1 is 0.812 bits per heavy atom. The number of hydrogen-bond donors (Lipinski definition) is 2. The van der Waals surface area contributed by atoms with Gasteiger partial charge in [-0.3, -0.25) is 29.7 Å². The molecule has 0 saturated carbocycles. The molecule has 3 aromatic rings. The first kappa shape index (κ1) is 22.3. The van der Waals surface area contributed by atoms with Crippen LogP contribution >= 0.6 is 0 Å². The Balaban J connectivity index is 1.78. The van der Waals surface area contributed by atoms with Crippen molar-refractivity contribution >= 4 is 38.7 Å². The fourth-order valence-electron chi connectivity index (χ4n) is 2.59. The molecule has 1 amide bonds. The summed E-state index contributed by atoms with van der Waals surface area (Å²) >= 11 is 0. The van der Waals surface area contributed by atoms with E-state index < -0.39 is 43.0 Å². The first-order valence-corrected chi connectivity index (χ1v) is 10.2. The van der Waals surface area contributed by atoms with E-state index in [2.05, 4.69) is 10.0 Å². The maximum absolute atomic E-state index is 13.0. The molecule has 0 aliphatic rings. The highest BCUT2D eigenvalue weighted by Crippen LogP contribution is 2.24. The lowest BCUT2D eigenvalue weighted by atomic mass is 10.1. The molecule has 0 saturated heterocycles. The van der Waals surface area contributed by atoms with Gasteiger partial charge in [0.25, 0.3) is 27.3 Å². The van der Waals surface area contributed by atoms with Gasteiger partial charge >= 0.3 is 0 Å². The number of rotatable bonds is 7. The Labute approximate surface area is 179 Å². The van der Waals surface area contributed by atoms with Gasteiger partial charge in [-0.15, -0.1) is 0 Å². The third kappa shape index (κ3) is 5.20. The number of carbonyl (C=O) groups excluding carboxylic acids is 1. The van der Waals surface area contributed by atoms with Crippen molar-refractivity contribution in [3.8, 4) is 0 Å². The normalized spacial score (nSPS) is 10.9. The number of benzene rings is 3. The van der Waals surface area contributed by atoms with Crippen LogP contribution in [0.5, 0.6) is 0 Å². The number of nitro benzene ring substituents is 2. The van der Waals surface area contributed by atoms with Crippen molar-refractivity contribution in [2.45, 2.75) is 4.90 Å². The van der Waals surface area contributed by atoms with E-state index in [9.17, 15) is 37.8 Å². The molecule has 0 heterocycles. The van der Waals surface area contributed by atoms with E-state index >= 15 is 0 Å². The zero-order valence-electron chi connectivity index (χ0n) is 15.9. The summed E-state index contributed by atoms with van der Waals surface area (Å²) in [6, 6.07) is 12.1. The van der Waals surface area contributed by atoms with Crippen LogP contribution in [0, 0.1) is 26.0 Å². The second-order valence-electron chi connectivity index (χ2n) is 6.34. The topological polar surface area (TPSA) is 162 Å². The van der Waals surface area contributed by atoms with Crippen LogP contribution in [0.4, 0.5) is 27.1 Å². The van der Waals surface area contributed by atoms with Crippen LogP contribution < -0.4 is 10.0 Å². The summed E-state index contributed by atoms with van der Waals surface area (Å²) in [5.41, 5.74) is -1.28. The number of nitro groups is 2. The summed E-state index contributed by atoms with van der Waals surface area (Å²) in [4.78, 5) is 32.4. The SMILES string of the molecule is O=C(Nc1ccc(S(=O)(=O)Nc2ccc(F)cc2)cc1)c1cc([N+](=O)[O-])cc([N+](=O)[O-])c1. The molecule has 0 aliphatic carbocycles. The van der Waals surface area contributed by atoms with Crippen LogP contribution in [-0.2, 0) is 10.0 Å². The lowest BCUT2D eigenvalue weighted by Gasteiger charge is -2.10. The molecule has 0 atom stereocenters. The molecule has 3 aromatic carbocycles. The van der Waals surface area contributed by atoms with Crippen LogP contribution in [0.2, 0.25) is 0 Å². The van der Waals surface area contributed by atoms with Gasteiger partial charge in [-0.2, -0.15) is 0 Å². The molecule has 32 heavy (non-hydrogen) atoms. The number of hydrogen-bond acceptors (Lipinski definition) is 7. The number of sulfonamides is 1. The Bertz CT molecular complexity index is 1280. The third-order valence-electron chi connectivity index (χ3n) is 4.11. The fraction of sp³-hybridized carbons (Fsp3) is 0. The first-order valence-electron chi connectivity index (χ1n) is 8.69. The van der Waals surface area contributed by atoms with E-state index in [1.54, 1.807) is 0 Å². The van der Waals surface area contributed by atoms with E-state index in [0.717, 1.165) is 30.3 Å². The molecule has 13 heteroatoms. The number of non-ortho nitro benzene ring substituents is 2. The van der Waals surface area contributed by atoms with Crippen LogP contribution in [0.1, 0.15) is 10.4 Å². The standard InChI is InChI=1S/C19H13FN4O7S/c20-13-1-3-15(4-2-13)22-32(30,31)18-7-5-14(6-8-18)21-19(25)12-9-16(23(26)27)11-17(10-12)24(28)29/h1-11,22H,(H,21,25). The zero-order valence-corrected chi connectivity index (χ0v) is 16.7. The second-order valence-corrected chi connectivity index (χ2v) is 8.03. The zero-order chi connectivity index (χ0) is 23.5. The maximum Gasteiger partial charge on any atom is 0.277 e. The second kappa shape index (κ2) is 8.77. The van der Waals surface area contributed by atoms with Crippen molar-refractivity contribution in [2.75, 3.05) is 10.0 Å². The summed E-state index contributed by atoms with van der Waals surface area (Å²) in [6.07, 6.45) is 0. The predicted octanol–water partition coefficient (Wildman–Crippen LogP) is 3.70. The number of nitrogens with one attached hydrogen (secondary N) is 2. The van der Waals surface area contributed by atoms with E-state index in [4.69, 9.17) is 0 Å². The van der Waals surface area contributed by atoms with Gasteiger partial charge in [0, 0.05) is 23.5 Å². The van der Waals surface area contributed by atoms with Gasteiger partial charge in [-0.25, -0.2) is 12.8 Å². The Morgan fingerprint density at radius 2 is 1.31 bits per heavy atom. The first-order chi connectivity index (χ1) is 15.0. The summed E-state index contributed by atoms with van der Waals surface area (Å²) in [6.45, 7) is 0.